The summed E-state index contributed by atoms with van der Waals surface area (Å²) in [5, 5.41) is 8.90. The SMILES string of the molecule is O=C1CCCCC1CN1CCC(CCO)C1. The number of hydrogen-bond donors (Lipinski definition) is 1. The van der Waals surface area contributed by atoms with Gasteiger partial charge in [-0.1, -0.05) is 6.42 Å². The summed E-state index contributed by atoms with van der Waals surface area (Å²) in [7, 11) is 0. The average molecular weight is 225 g/mol. The summed E-state index contributed by atoms with van der Waals surface area (Å²) in [6, 6.07) is 0. The van der Waals surface area contributed by atoms with E-state index in [0.717, 1.165) is 45.3 Å². The number of aliphatic hydroxyl groups excluding tert-OH is 1. The third-order valence-electron chi connectivity index (χ3n) is 4.07. The van der Waals surface area contributed by atoms with Gasteiger partial charge < -0.3 is 10.0 Å². The van der Waals surface area contributed by atoms with Crippen molar-refractivity contribution in [2.75, 3.05) is 26.2 Å². The molecule has 1 aliphatic heterocycles. The van der Waals surface area contributed by atoms with Crippen LogP contribution in [0, 0.1) is 11.8 Å². The van der Waals surface area contributed by atoms with Crippen molar-refractivity contribution in [1.82, 2.24) is 4.90 Å². The van der Waals surface area contributed by atoms with Gasteiger partial charge in [0.2, 0.25) is 0 Å². The van der Waals surface area contributed by atoms with E-state index in [2.05, 4.69) is 4.90 Å². The van der Waals surface area contributed by atoms with E-state index >= 15 is 0 Å². The van der Waals surface area contributed by atoms with Gasteiger partial charge in [-0.3, -0.25) is 4.79 Å². The highest BCUT2D eigenvalue weighted by Crippen LogP contribution is 2.25. The molecule has 0 bridgehead atoms. The zero-order valence-electron chi connectivity index (χ0n) is 10.0. The molecule has 0 aromatic heterocycles. The molecular weight excluding hydrogens is 202 g/mol. The highest BCUT2D eigenvalue weighted by atomic mass is 16.3. The van der Waals surface area contributed by atoms with Crippen molar-refractivity contribution in [3.05, 3.63) is 0 Å². The summed E-state index contributed by atoms with van der Waals surface area (Å²) in [4.78, 5) is 14.1. The molecule has 1 N–H and O–H groups in total. The number of Topliss-reactive ketones (excluding diaryl/α,β-unsaturated/α-hetero) is 1. The fourth-order valence-electron chi connectivity index (χ4n) is 3.06. The molecule has 1 saturated heterocycles. The second-order valence-electron chi connectivity index (χ2n) is 5.34. The molecule has 0 aromatic carbocycles. The van der Waals surface area contributed by atoms with Crippen LogP contribution in [0.3, 0.4) is 0 Å². The van der Waals surface area contributed by atoms with Gasteiger partial charge in [0.25, 0.3) is 0 Å². The zero-order valence-corrected chi connectivity index (χ0v) is 10.0. The normalized spacial score (nSPS) is 32.2. The van der Waals surface area contributed by atoms with Gasteiger partial charge in [0, 0.05) is 32.0 Å². The molecule has 1 aliphatic carbocycles. The number of rotatable bonds is 4. The van der Waals surface area contributed by atoms with Gasteiger partial charge >= 0.3 is 0 Å². The molecular formula is C13H23NO2. The van der Waals surface area contributed by atoms with Gasteiger partial charge in [-0.05, 0) is 38.1 Å². The summed E-state index contributed by atoms with van der Waals surface area (Å²) in [5.74, 6) is 1.45. The van der Waals surface area contributed by atoms with Crippen LogP contribution in [0.25, 0.3) is 0 Å². The molecule has 2 fully saturated rings. The molecule has 92 valence electrons. The summed E-state index contributed by atoms with van der Waals surface area (Å²) in [6.07, 6.45) is 6.35. The van der Waals surface area contributed by atoms with Crippen LogP contribution in [-0.2, 0) is 4.79 Å². The zero-order chi connectivity index (χ0) is 11.4. The Morgan fingerprint density at radius 2 is 2.19 bits per heavy atom. The first-order chi connectivity index (χ1) is 7.79. The molecule has 2 rings (SSSR count). The third kappa shape index (κ3) is 3.05. The Labute approximate surface area is 97.8 Å². The van der Waals surface area contributed by atoms with Crippen LogP contribution in [0.1, 0.15) is 38.5 Å². The molecule has 2 unspecified atom stereocenters. The number of ketones is 1. The van der Waals surface area contributed by atoms with E-state index < -0.39 is 0 Å². The van der Waals surface area contributed by atoms with Crippen LogP contribution < -0.4 is 0 Å². The van der Waals surface area contributed by atoms with Gasteiger partial charge in [0.05, 0.1) is 0 Å². The summed E-state index contributed by atoms with van der Waals surface area (Å²) in [5.41, 5.74) is 0. The molecule has 1 saturated carbocycles. The number of aliphatic hydroxyl groups is 1. The van der Waals surface area contributed by atoms with E-state index in [1.54, 1.807) is 0 Å². The van der Waals surface area contributed by atoms with Crippen LogP contribution in [0.5, 0.6) is 0 Å². The highest BCUT2D eigenvalue weighted by Gasteiger charge is 2.28. The van der Waals surface area contributed by atoms with Crippen LogP contribution in [-0.4, -0.2) is 42.0 Å². The van der Waals surface area contributed by atoms with E-state index in [1.165, 1.54) is 12.8 Å². The molecule has 0 radical (unpaired) electrons. The van der Waals surface area contributed by atoms with Gasteiger partial charge in [-0.15, -0.1) is 0 Å². The lowest BCUT2D eigenvalue weighted by atomic mass is 9.87. The Morgan fingerprint density at radius 3 is 2.94 bits per heavy atom. The maximum absolute atomic E-state index is 11.7. The van der Waals surface area contributed by atoms with Crippen molar-refractivity contribution in [3.63, 3.8) is 0 Å². The van der Waals surface area contributed by atoms with Crippen LogP contribution >= 0.6 is 0 Å². The van der Waals surface area contributed by atoms with Crippen molar-refractivity contribution in [1.29, 1.82) is 0 Å². The lowest BCUT2D eigenvalue weighted by Crippen LogP contribution is -2.33. The van der Waals surface area contributed by atoms with E-state index in [4.69, 9.17) is 5.11 Å². The maximum Gasteiger partial charge on any atom is 0.137 e. The van der Waals surface area contributed by atoms with Gasteiger partial charge in [0.1, 0.15) is 5.78 Å². The minimum Gasteiger partial charge on any atom is -0.396 e. The molecule has 2 atom stereocenters. The van der Waals surface area contributed by atoms with Crippen molar-refractivity contribution in [3.8, 4) is 0 Å². The maximum atomic E-state index is 11.7. The second kappa shape index (κ2) is 5.78. The van der Waals surface area contributed by atoms with E-state index in [9.17, 15) is 4.79 Å². The van der Waals surface area contributed by atoms with Gasteiger partial charge in [-0.25, -0.2) is 0 Å². The smallest absolute Gasteiger partial charge is 0.137 e. The number of hydrogen-bond acceptors (Lipinski definition) is 3. The molecule has 0 amide bonds. The van der Waals surface area contributed by atoms with Gasteiger partial charge in [0.15, 0.2) is 0 Å². The van der Waals surface area contributed by atoms with Crippen LogP contribution in [0.15, 0.2) is 0 Å². The summed E-state index contributed by atoms with van der Waals surface area (Å²) < 4.78 is 0. The summed E-state index contributed by atoms with van der Waals surface area (Å²) >= 11 is 0. The van der Waals surface area contributed by atoms with Crippen LogP contribution in [0.2, 0.25) is 0 Å². The topological polar surface area (TPSA) is 40.5 Å². The van der Waals surface area contributed by atoms with Crippen molar-refractivity contribution >= 4 is 5.78 Å². The quantitative estimate of drug-likeness (QED) is 0.787. The Hall–Kier alpha value is -0.410. The molecule has 16 heavy (non-hydrogen) atoms. The van der Waals surface area contributed by atoms with Crippen LogP contribution in [0.4, 0.5) is 0 Å². The van der Waals surface area contributed by atoms with E-state index in [0.29, 0.717) is 24.2 Å². The number of likely N-dealkylation sites (tertiary alicyclic amines) is 1. The first-order valence-corrected chi connectivity index (χ1v) is 6.65. The van der Waals surface area contributed by atoms with Crippen molar-refractivity contribution in [2.45, 2.75) is 38.5 Å². The second-order valence-corrected chi connectivity index (χ2v) is 5.34. The number of carbonyl (C=O) groups is 1. The fourth-order valence-corrected chi connectivity index (χ4v) is 3.06. The highest BCUT2D eigenvalue weighted by molar-refractivity contribution is 5.81. The largest absolute Gasteiger partial charge is 0.396 e. The Morgan fingerprint density at radius 1 is 1.31 bits per heavy atom. The van der Waals surface area contributed by atoms with E-state index in [1.807, 2.05) is 0 Å². The number of carbonyl (C=O) groups excluding carboxylic acids is 1. The molecule has 3 nitrogen and oxygen atoms in total. The van der Waals surface area contributed by atoms with Crippen molar-refractivity contribution in [2.24, 2.45) is 11.8 Å². The van der Waals surface area contributed by atoms with Gasteiger partial charge in [-0.2, -0.15) is 0 Å². The minimum atomic E-state index is 0.306. The Balaban J connectivity index is 1.75. The average Bonchev–Trinajstić information content (AvgIpc) is 2.70. The standard InChI is InChI=1S/C13H23NO2/c15-8-6-11-5-7-14(9-11)10-12-3-1-2-4-13(12)16/h11-12,15H,1-10H2. The van der Waals surface area contributed by atoms with E-state index in [-0.39, 0.29) is 0 Å². The monoisotopic (exact) mass is 225 g/mol. The summed E-state index contributed by atoms with van der Waals surface area (Å²) in [6.45, 7) is 3.49. The Bertz CT molecular complexity index is 242. The molecule has 2 aliphatic rings. The molecule has 0 spiro atoms. The minimum absolute atomic E-state index is 0.306. The molecule has 3 heteroatoms. The molecule has 1 heterocycles. The van der Waals surface area contributed by atoms with Crippen molar-refractivity contribution < 1.29 is 9.90 Å². The first kappa shape index (κ1) is 12.1. The predicted octanol–water partition coefficient (Wildman–Crippen LogP) is 1.45. The predicted molar refractivity (Wildman–Crippen MR) is 63.2 cm³/mol. The first-order valence-electron chi connectivity index (χ1n) is 6.65. The molecule has 0 aromatic rings. The lowest BCUT2D eigenvalue weighted by molar-refractivity contribution is -0.125. The lowest BCUT2D eigenvalue weighted by Gasteiger charge is -2.25. The third-order valence-corrected chi connectivity index (χ3v) is 4.07. The number of nitrogens with zero attached hydrogens (tertiary/aromatic N) is 1. The Kier molecular flexibility index (Phi) is 4.36. The fraction of sp³-hybridized carbons (Fsp3) is 0.923.